The number of halogens is 6. The standard InChI is InChI=1S/C10H9F6NO/c1-5-2-8(7(17)3-6(5)11)18-4-9(12,13)10(14,15)16/h2-3H,4,17H2,1H3. The molecule has 0 spiro atoms. The Bertz CT molecular complexity index is 443. The highest BCUT2D eigenvalue weighted by atomic mass is 19.4. The van der Waals surface area contributed by atoms with Crippen molar-refractivity contribution in [1.29, 1.82) is 0 Å². The van der Waals surface area contributed by atoms with Crippen LogP contribution >= 0.6 is 0 Å². The van der Waals surface area contributed by atoms with Crippen LogP contribution in [-0.2, 0) is 0 Å². The average Bonchev–Trinajstić information content (AvgIpc) is 2.20. The molecule has 1 rings (SSSR count). The third-order valence-corrected chi connectivity index (χ3v) is 2.11. The van der Waals surface area contributed by atoms with E-state index in [2.05, 4.69) is 4.74 Å². The third kappa shape index (κ3) is 2.99. The molecule has 0 bridgehead atoms. The van der Waals surface area contributed by atoms with Crippen molar-refractivity contribution >= 4 is 5.69 Å². The van der Waals surface area contributed by atoms with Crippen molar-refractivity contribution < 1.29 is 31.1 Å². The van der Waals surface area contributed by atoms with Crippen LogP contribution < -0.4 is 10.5 Å². The lowest BCUT2D eigenvalue weighted by Crippen LogP contribution is -2.41. The summed E-state index contributed by atoms with van der Waals surface area (Å²) in [6.07, 6.45) is -5.71. The van der Waals surface area contributed by atoms with E-state index in [1.54, 1.807) is 0 Å². The summed E-state index contributed by atoms with van der Waals surface area (Å²) >= 11 is 0. The van der Waals surface area contributed by atoms with Crippen molar-refractivity contribution in [3.05, 3.63) is 23.5 Å². The van der Waals surface area contributed by atoms with E-state index < -0.39 is 30.3 Å². The monoisotopic (exact) mass is 273 g/mol. The molecule has 0 heterocycles. The van der Waals surface area contributed by atoms with Crippen molar-refractivity contribution in [3.8, 4) is 5.75 Å². The molecule has 102 valence electrons. The second-order valence-electron chi connectivity index (χ2n) is 3.63. The quantitative estimate of drug-likeness (QED) is 0.677. The van der Waals surface area contributed by atoms with Gasteiger partial charge in [-0.25, -0.2) is 4.39 Å². The van der Waals surface area contributed by atoms with Gasteiger partial charge in [-0.1, -0.05) is 0 Å². The molecule has 2 nitrogen and oxygen atoms in total. The van der Waals surface area contributed by atoms with Crippen molar-refractivity contribution in [3.63, 3.8) is 0 Å². The zero-order valence-electron chi connectivity index (χ0n) is 9.12. The second kappa shape index (κ2) is 4.58. The summed E-state index contributed by atoms with van der Waals surface area (Å²) in [4.78, 5) is 0. The van der Waals surface area contributed by atoms with E-state index in [1.807, 2.05) is 0 Å². The van der Waals surface area contributed by atoms with Gasteiger partial charge in [-0.05, 0) is 18.6 Å². The minimum absolute atomic E-state index is 0.0227. The van der Waals surface area contributed by atoms with Gasteiger partial charge >= 0.3 is 12.1 Å². The number of hydrogen-bond acceptors (Lipinski definition) is 2. The number of ether oxygens (including phenoxy) is 1. The molecule has 1 aromatic carbocycles. The van der Waals surface area contributed by atoms with Crippen LogP contribution in [0.2, 0.25) is 0 Å². The van der Waals surface area contributed by atoms with Gasteiger partial charge in [0.1, 0.15) is 11.6 Å². The van der Waals surface area contributed by atoms with Gasteiger partial charge in [-0.2, -0.15) is 22.0 Å². The first-order valence-electron chi connectivity index (χ1n) is 4.67. The summed E-state index contributed by atoms with van der Waals surface area (Å²) < 4.78 is 78.0. The molecular weight excluding hydrogens is 264 g/mol. The maximum absolute atomic E-state index is 13.0. The lowest BCUT2D eigenvalue weighted by atomic mass is 10.2. The number of hydrogen-bond donors (Lipinski definition) is 1. The van der Waals surface area contributed by atoms with E-state index in [0.29, 0.717) is 0 Å². The first-order chi connectivity index (χ1) is 8.04. The van der Waals surface area contributed by atoms with Gasteiger partial charge in [-0.3, -0.25) is 0 Å². The van der Waals surface area contributed by atoms with Gasteiger partial charge in [-0.15, -0.1) is 0 Å². The number of alkyl halides is 5. The molecule has 18 heavy (non-hydrogen) atoms. The van der Waals surface area contributed by atoms with Crippen LogP contribution in [0.3, 0.4) is 0 Å². The summed E-state index contributed by atoms with van der Waals surface area (Å²) in [5.74, 6) is -6.12. The Kier molecular flexibility index (Phi) is 3.68. The summed E-state index contributed by atoms with van der Waals surface area (Å²) in [6, 6.07) is 1.74. The molecule has 0 aromatic heterocycles. The van der Waals surface area contributed by atoms with Crippen molar-refractivity contribution in [1.82, 2.24) is 0 Å². The molecule has 0 fully saturated rings. The predicted octanol–water partition coefficient (Wildman–Crippen LogP) is 3.29. The van der Waals surface area contributed by atoms with Crippen molar-refractivity contribution in [2.45, 2.75) is 19.0 Å². The first kappa shape index (κ1) is 14.5. The maximum atomic E-state index is 13.0. The largest absolute Gasteiger partial charge is 0.485 e. The van der Waals surface area contributed by atoms with Crippen LogP contribution in [0.4, 0.5) is 32.0 Å². The van der Waals surface area contributed by atoms with E-state index in [-0.39, 0.29) is 11.3 Å². The molecule has 0 aliphatic carbocycles. The highest BCUT2D eigenvalue weighted by molar-refractivity contribution is 5.54. The highest BCUT2D eigenvalue weighted by Crippen LogP contribution is 2.36. The fraction of sp³-hybridized carbons (Fsp3) is 0.400. The van der Waals surface area contributed by atoms with Gasteiger partial charge in [0.2, 0.25) is 0 Å². The Hall–Kier alpha value is -1.60. The lowest BCUT2D eigenvalue weighted by molar-refractivity contribution is -0.289. The number of anilines is 1. The highest BCUT2D eigenvalue weighted by Gasteiger charge is 2.58. The number of rotatable bonds is 3. The van der Waals surface area contributed by atoms with Gasteiger partial charge in [0.05, 0.1) is 5.69 Å². The van der Waals surface area contributed by atoms with Gasteiger partial charge in [0, 0.05) is 6.07 Å². The fourth-order valence-corrected chi connectivity index (χ4v) is 1.05. The number of aryl methyl sites for hydroxylation is 1. The number of nitrogen functional groups attached to an aromatic ring is 1. The maximum Gasteiger partial charge on any atom is 0.456 e. The molecule has 0 saturated carbocycles. The summed E-state index contributed by atoms with van der Waals surface area (Å²) in [7, 11) is 0. The van der Waals surface area contributed by atoms with Crippen LogP contribution in [0.5, 0.6) is 5.75 Å². The molecule has 0 unspecified atom stereocenters. The zero-order chi connectivity index (χ0) is 14.1. The normalized spacial score (nSPS) is 12.6. The zero-order valence-corrected chi connectivity index (χ0v) is 9.12. The van der Waals surface area contributed by atoms with E-state index in [0.717, 1.165) is 12.1 Å². The molecule has 0 atom stereocenters. The van der Waals surface area contributed by atoms with Crippen LogP contribution in [-0.4, -0.2) is 18.7 Å². The first-order valence-corrected chi connectivity index (χ1v) is 4.67. The summed E-state index contributed by atoms with van der Waals surface area (Å²) in [6.45, 7) is -0.616. The second-order valence-corrected chi connectivity index (χ2v) is 3.63. The number of benzene rings is 1. The Morgan fingerprint density at radius 2 is 1.72 bits per heavy atom. The molecule has 2 N–H and O–H groups in total. The topological polar surface area (TPSA) is 35.2 Å². The van der Waals surface area contributed by atoms with Gasteiger partial charge < -0.3 is 10.5 Å². The average molecular weight is 273 g/mol. The predicted molar refractivity (Wildman–Crippen MR) is 52.0 cm³/mol. The van der Waals surface area contributed by atoms with Crippen molar-refractivity contribution in [2.24, 2.45) is 0 Å². The van der Waals surface area contributed by atoms with Crippen molar-refractivity contribution in [2.75, 3.05) is 12.3 Å². The minimum Gasteiger partial charge on any atom is -0.485 e. The minimum atomic E-state index is -5.71. The van der Waals surface area contributed by atoms with Gasteiger partial charge in [0.15, 0.2) is 6.61 Å². The van der Waals surface area contributed by atoms with E-state index in [4.69, 9.17) is 5.73 Å². The number of nitrogens with two attached hydrogens (primary N) is 1. The molecule has 8 heteroatoms. The molecule has 0 radical (unpaired) electrons. The molecule has 0 aliphatic heterocycles. The lowest BCUT2D eigenvalue weighted by Gasteiger charge is -2.20. The van der Waals surface area contributed by atoms with Crippen LogP contribution in [0.15, 0.2) is 12.1 Å². The third-order valence-electron chi connectivity index (χ3n) is 2.11. The Balaban J connectivity index is 2.85. The van der Waals surface area contributed by atoms with Crippen LogP contribution in [0.1, 0.15) is 5.56 Å². The van der Waals surface area contributed by atoms with Crippen LogP contribution in [0.25, 0.3) is 0 Å². The fourth-order valence-electron chi connectivity index (χ4n) is 1.05. The Morgan fingerprint density at radius 3 is 2.22 bits per heavy atom. The SMILES string of the molecule is Cc1cc(OCC(F)(F)C(F)(F)F)c(N)cc1F. The molecule has 0 aliphatic rings. The molecule has 1 aromatic rings. The van der Waals surface area contributed by atoms with Gasteiger partial charge in [0.25, 0.3) is 0 Å². The molecule has 0 amide bonds. The Labute approximate surface area is 98.3 Å². The molecular formula is C10H9F6NO. The molecule has 0 saturated heterocycles. The van der Waals surface area contributed by atoms with E-state index in [9.17, 15) is 26.3 Å². The van der Waals surface area contributed by atoms with Crippen LogP contribution in [0, 0.1) is 12.7 Å². The Morgan fingerprint density at radius 1 is 1.17 bits per heavy atom. The smallest absolute Gasteiger partial charge is 0.456 e. The van der Waals surface area contributed by atoms with E-state index >= 15 is 0 Å². The summed E-state index contributed by atoms with van der Waals surface area (Å²) in [5, 5.41) is 0. The summed E-state index contributed by atoms with van der Waals surface area (Å²) in [5.41, 5.74) is 4.91. The van der Waals surface area contributed by atoms with E-state index in [1.165, 1.54) is 6.92 Å².